The summed E-state index contributed by atoms with van der Waals surface area (Å²) in [6.45, 7) is 10.1. The molecule has 1 N–H and O–H groups in total. The van der Waals surface area contributed by atoms with Crippen molar-refractivity contribution in [1.82, 2.24) is 5.01 Å². The third-order valence-corrected chi connectivity index (χ3v) is 5.37. The Morgan fingerprint density at radius 2 is 1.76 bits per heavy atom. The minimum atomic E-state index is 0.150. The number of hydrogen-bond donors (Lipinski definition) is 1. The monoisotopic (exact) mass is 464 g/mol. The van der Waals surface area contributed by atoms with Gasteiger partial charge in [-0.15, -0.1) is 0 Å². The topological polar surface area (TPSA) is 52.9 Å². The molecule has 174 valence electrons. The van der Waals surface area contributed by atoms with Crippen LogP contribution in [0, 0.1) is 0 Å². The summed E-state index contributed by atoms with van der Waals surface area (Å²) in [5.74, 6) is 0.571. The van der Waals surface area contributed by atoms with Gasteiger partial charge in [-0.25, -0.2) is 5.01 Å². The maximum atomic E-state index is 12.6. The maximum absolute atomic E-state index is 12.6. The first kappa shape index (κ1) is 26.1. The van der Waals surface area contributed by atoms with Crippen LogP contribution in [0.15, 0.2) is 83.6 Å². The highest BCUT2D eigenvalue weighted by Crippen LogP contribution is 2.31. The number of halogens is 1. The number of carbonyl (C=O) groups excluding carboxylic acids is 1. The number of phenolic OH excluding ortho intramolecular Hbond substituents is 1. The van der Waals surface area contributed by atoms with Crippen LogP contribution in [-0.2, 0) is 11.2 Å². The van der Waals surface area contributed by atoms with Gasteiger partial charge in [0.2, 0.25) is 0 Å². The Kier molecular flexibility index (Phi) is 10.6. The van der Waals surface area contributed by atoms with E-state index >= 15 is 0 Å². The fraction of sp³-hybridized carbons (Fsp3) is 0.286. The second kappa shape index (κ2) is 13.4. The third kappa shape index (κ3) is 7.47. The highest BCUT2D eigenvalue weighted by Gasteiger charge is 2.22. The molecule has 1 aliphatic heterocycles. The first-order valence-corrected chi connectivity index (χ1v) is 11.8. The number of hydrogen-bond acceptors (Lipinski definition) is 4. The Hall–Kier alpha value is -3.11. The number of hydrazone groups is 1. The molecule has 0 aromatic heterocycles. The summed E-state index contributed by atoms with van der Waals surface area (Å²) in [4.78, 5) is 12.6. The van der Waals surface area contributed by atoms with Gasteiger partial charge in [0.25, 0.3) is 0 Å². The third-order valence-electron chi connectivity index (χ3n) is 5.12. The number of rotatable bonds is 8. The van der Waals surface area contributed by atoms with E-state index in [1.54, 1.807) is 17.3 Å². The van der Waals surface area contributed by atoms with Gasteiger partial charge in [-0.2, -0.15) is 5.10 Å². The zero-order valence-electron chi connectivity index (χ0n) is 19.7. The number of benzene rings is 2. The van der Waals surface area contributed by atoms with Gasteiger partial charge in [0, 0.05) is 28.8 Å². The summed E-state index contributed by atoms with van der Waals surface area (Å²) in [5, 5.41) is 16.0. The zero-order valence-corrected chi connectivity index (χ0v) is 20.5. The van der Waals surface area contributed by atoms with Crippen LogP contribution in [0.2, 0.25) is 5.02 Å². The number of ketones is 1. The highest BCUT2D eigenvalue weighted by molar-refractivity contribution is 6.30. The van der Waals surface area contributed by atoms with Gasteiger partial charge in [-0.3, -0.25) is 4.79 Å². The van der Waals surface area contributed by atoms with Crippen molar-refractivity contribution in [2.45, 2.75) is 52.9 Å². The molecule has 5 heteroatoms. The van der Waals surface area contributed by atoms with Gasteiger partial charge in [-0.05, 0) is 55.2 Å². The fourth-order valence-corrected chi connectivity index (χ4v) is 3.63. The van der Waals surface area contributed by atoms with Crippen LogP contribution >= 0.6 is 11.6 Å². The molecule has 33 heavy (non-hydrogen) atoms. The number of allylic oxidation sites excluding steroid dienone is 3. The average molecular weight is 465 g/mol. The maximum Gasteiger partial charge on any atom is 0.161 e. The molecule has 0 fully saturated rings. The fourth-order valence-electron chi connectivity index (χ4n) is 3.50. The number of phenols is 1. The molecular formula is C28H33ClN2O2. The lowest BCUT2D eigenvalue weighted by atomic mass is 9.97. The molecule has 0 unspecified atom stereocenters. The van der Waals surface area contributed by atoms with E-state index in [4.69, 9.17) is 11.6 Å². The highest BCUT2D eigenvalue weighted by atomic mass is 35.5. The van der Waals surface area contributed by atoms with Crippen molar-refractivity contribution in [1.29, 1.82) is 0 Å². The van der Waals surface area contributed by atoms with E-state index in [-0.39, 0.29) is 5.78 Å². The van der Waals surface area contributed by atoms with Crippen molar-refractivity contribution in [3.05, 3.63) is 94.7 Å². The van der Waals surface area contributed by atoms with E-state index < -0.39 is 0 Å². The molecule has 4 nitrogen and oxygen atoms in total. The lowest BCUT2D eigenvalue weighted by Crippen LogP contribution is -2.20. The number of carbonyl (C=O) groups is 1. The number of aromatic hydroxyl groups is 1. The average Bonchev–Trinajstić information content (AvgIpc) is 2.81. The van der Waals surface area contributed by atoms with Crippen LogP contribution in [0.4, 0.5) is 0 Å². The second-order valence-electron chi connectivity index (χ2n) is 7.67. The van der Waals surface area contributed by atoms with Gasteiger partial charge in [0.05, 0.1) is 11.4 Å². The van der Waals surface area contributed by atoms with Crippen molar-refractivity contribution in [2.75, 3.05) is 0 Å². The summed E-state index contributed by atoms with van der Waals surface area (Å²) < 4.78 is 0. The Morgan fingerprint density at radius 1 is 1.06 bits per heavy atom. The summed E-state index contributed by atoms with van der Waals surface area (Å²) in [6, 6.07) is 14.9. The number of aryl methyl sites for hydroxylation is 1. The summed E-state index contributed by atoms with van der Waals surface area (Å²) in [5.41, 5.74) is 4.23. The van der Waals surface area contributed by atoms with Gasteiger partial charge in [0.1, 0.15) is 5.75 Å². The standard InChI is InChI=1S/C19H21ClN2O.C9H12O/c1-4-7-18(23)17(5-2)19(15-9-11-16(20)12-10-15)22-14(3)8-6-13-21-22;1-2-5-8-6-3-4-7-9(8)10/h6,8-13H,3-5,7H2,1-2H3;3-4,6-7,10H,2,5H2,1H3/b19-17+;. The molecule has 0 aliphatic carbocycles. The van der Waals surface area contributed by atoms with Gasteiger partial charge < -0.3 is 5.11 Å². The van der Waals surface area contributed by atoms with Crippen LogP contribution in [-0.4, -0.2) is 22.1 Å². The quantitative estimate of drug-likeness (QED) is 0.410. The van der Waals surface area contributed by atoms with Gasteiger partial charge in [-0.1, -0.05) is 75.7 Å². The molecule has 1 aliphatic rings. The molecule has 0 amide bonds. The van der Waals surface area contributed by atoms with Crippen molar-refractivity contribution in [3.8, 4) is 5.75 Å². The van der Waals surface area contributed by atoms with E-state index in [0.29, 0.717) is 23.6 Å². The van der Waals surface area contributed by atoms with Crippen LogP contribution in [0.1, 0.15) is 57.6 Å². The van der Waals surface area contributed by atoms with Crippen LogP contribution < -0.4 is 0 Å². The molecule has 2 aromatic carbocycles. The number of Topliss-reactive ketones (excluding diaryl/α,β-unsaturated/α-hetero) is 1. The molecule has 1 heterocycles. The van der Waals surface area contributed by atoms with E-state index in [9.17, 15) is 9.90 Å². The molecular weight excluding hydrogens is 432 g/mol. The SMILES string of the molecule is C=C1C=CC=NN1/C(=C(\CC)C(=O)CCC)c1ccc(Cl)cc1.CCCc1ccccc1O. The van der Waals surface area contributed by atoms with E-state index in [1.165, 1.54) is 0 Å². The van der Waals surface area contributed by atoms with Crippen molar-refractivity contribution >= 4 is 29.3 Å². The van der Waals surface area contributed by atoms with Gasteiger partial charge in [0.15, 0.2) is 5.78 Å². The molecule has 0 saturated heterocycles. The summed E-state index contributed by atoms with van der Waals surface area (Å²) in [7, 11) is 0. The van der Waals surface area contributed by atoms with Crippen molar-refractivity contribution in [3.63, 3.8) is 0 Å². The largest absolute Gasteiger partial charge is 0.508 e. The Balaban J connectivity index is 0.000000321. The number of nitrogens with zero attached hydrogens (tertiary/aromatic N) is 2. The minimum absolute atomic E-state index is 0.150. The molecule has 0 atom stereocenters. The molecule has 3 rings (SSSR count). The first-order chi connectivity index (χ1) is 15.9. The first-order valence-electron chi connectivity index (χ1n) is 11.4. The Labute approximate surface area is 202 Å². The summed E-state index contributed by atoms with van der Waals surface area (Å²) >= 11 is 6.00. The van der Waals surface area contributed by atoms with E-state index in [2.05, 4.69) is 18.6 Å². The number of para-hydroxylation sites is 1. The molecule has 2 aromatic rings. The van der Waals surface area contributed by atoms with Gasteiger partial charge >= 0.3 is 0 Å². The molecule has 0 spiro atoms. The van der Waals surface area contributed by atoms with Crippen LogP contribution in [0.25, 0.3) is 5.70 Å². The zero-order chi connectivity index (χ0) is 24.2. The minimum Gasteiger partial charge on any atom is -0.508 e. The lowest BCUT2D eigenvalue weighted by Gasteiger charge is -2.27. The van der Waals surface area contributed by atoms with Crippen LogP contribution in [0.3, 0.4) is 0 Å². The smallest absolute Gasteiger partial charge is 0.161 e. The van der Waals surface area contributed by atoms with E-state index in [0.717, 1.165) is 47.4 Å². The predicted molar refractivity (Wildman–Crippen MR) is 139 cm³/mol. The molecule has 0 bridgehead atoms. The van der Waals surface area contributed by atoms with Crippen molar-refractivity contribution in [2.24, 2.45) is 5.10 Å². The Morgan fingerprint density at radius 3 is 2.33 bits per heavy atom. The Bertz CT molecular complexity index is 1040. The normalized spacial score (nSPS) is 13.3. The molecule has 0 saturated carbocycles. The van der Waals surface area contributed by atoms with E-state index in [1.807, 2.05) is 68.5 Å². The van der Waals surface area contributed by atoms with Crippen molar-refractivity contribution < 1.29 is 9.90 Å². The second-order valence-corrected chi connectivity index (χ2v) is 8.10. The van der Waals surface area contributed by atoms with Crippen LogP contribution in [0.5, 0.6) is 5.75 Å². The summed E-state index contributed by atoms with van der Waals surface area (Å²) in [6.07, 6.45) is 9.44. The predicted octanol–water partition coefficient (Wildman–Crippen LogP) is 7.55. The lowest BCUT2D eigenvalue weighted by molar-refractivity contribution is -0.115. The molecule has 0 radical (unpaired) electrons.